The van der Waals surface area contributed by atoms with Gasteiger partial charge in [0.25, 0.3) is 5.91 Å². The van der Waals surface area contributed by atoms with E-state index in [9.17, 15) is 13.2 Å². The molecule has 94 valence electrons. The van der Waals surface area contributed by atoms with Crippen molar-refractivity contribution in [2.24, 2.45) is 0 Å². The van der Waals surface area contributed by atoms with E-state index in [1.807, 2.05) is 0 Å². The fourth-order valence-corrected chi connectivity index (χ4v) is 2.47. The number of hydrogen-bond donors (Lipinski definition) is 2. The van der Waals surface area contributed by atoms with Gasteiger partial charge < -0.3 is 5.32 Å². The molecule has 0 spiro atoms. The second-order valence-electron chi connectivity index (χ2n) is 3.58. The Morgan fingerprint density at radius 3 is 2.29 bits per heavy atom. The topological polar surface area (TPSA) is 75.3 Å². The molecule has 0 radical (unpaired) electrons. The van der Waals surface area contributed by atoms with Crippen LogP contribution < -0.4 is 10.0 Å². The number of sulfonamides is 1. The Morgan fingerprint density at radius 1 is 1.24 bits per heavy atom. The first-order valence-electron chi connectivity index (χ1n) is 5.31. The third-order valence-electron chi connectivity index (χ3n) is 2.12. The van der Waals surface area contributed by atoms with Gasteiger partial charge in [0.05, 0.1) is 5.75 Å². The van der Waals surface area contributed by atoms with Gasteiger partial charge >= 0.3 is 0 Å². The molecule has 2 N–H and O–H groups in total. The smallest absolute Gasteiger partial charge is 0.251 e. The highest BCUT2D eigenvalue weighted by atomic mass is 32.2. The predicted molar refractivity (Wildman–Crippen MR) is 67.5 cm³/mol. The Kier molecular flexibility index (Phi) is 4.51. The Balaban J connectivity index is 2.79. The first-order chi connectivity index (χ1) is 7.98. The second kappa shape index (κ2) is 5.67. The molecule has 0 saturated carbocycles. The zero-order valence-corrected chi connectivity index (χ0v) is 10.7. The van der Waals surface area contributed by atoms with E-state index in [1.54, 1.807) is 38.2 Å². The van der Waals surface area contributed by atoms with E-state index in [0.717, 1.165) is 0 Å². The molecule has 0 unspecified atom stereocenters. The van der Waals surface area contributed by atoms with E-state index in [4.69, 9.17) is 0 Å². The van der Waals surface area contributed by atoms with Crippen LogP contribution in [0.4, 0.5) is 5.69 Å². The molecule has 1 rings (SSSR count). The zero-order chi connectivity index (χ0) is 12.9. The molecule has 5 nitrogen and oxygen atoms in total. The van der Waals surface area contributed by atoms with Gasteiger partial charge in [-0.05, 0) is 30.7 Å². The third-order valence-corrected chi connectivity index (χ3v) is 3.61. The van der Waals surface area contributed by atoms with Gasteiger partial charge in [0.1, 0.15) is 0 Å². The highest BCUT2D eigenvalue weighted by molar-refractivity contribution is 7.92. The van der Waals surface area contributed by atoms with Crippen LogP contribution >= 0.6 is 0 Å². The molecule has 0 aliphatic rings. The normalized spacial score (nSPS) is 10.9. The predicted octanol–water partition coefficient (Wildman–Crippen LogP) is 1.20. The molecule has 1 aromatic carbocycles. The van der Waals surface area contributed by atoms with Gasteiger partial charge in [0.15, 0.2) is 0 Å². The minimum Gasteiger partial charge on any atom is -0.355 e. The molecule has 6 heteroatoms. The Bertz CT molecular complexity index is 480. The monoisotopic (exact) mass is 256 g/mol. The number of rotatable bonds is 5. The van der Waals surface area contributed by atoms with Gasteiger partial charge in [0.2, 0.25) is 10.0 Å². The summed E-state index contributed by atoms with van der Waals surface area (Å²) in [4.78, 5) is 11.3. The Labute approximate surface area is 101 Å². The summed E-state index contributed by atoms with van der Waals surface area (Å²) in [6, 6.07) is 6.28. The summed E-state index contributed by atoms with van der Waals surface area (Å²) in [5.74, 6) is -0.113. The van der Waals surface area contributed by atoms with Crippen molar-refractivity contribution in [1.82, 2.24) is 5.32 Å². The number of anilines is 1. The summed E-state index contributed by atoms with van der Waals surface area (Å²) in [6.07, 6.45) is 0.561. The van der Waals surface area contributed by atoms with Crippen LogP contribution in [0.3, 0.4) is 0 Å². The molecule has 0 saturated heterocycles. The Hall–Kier alpha value is -1.56. The van der Waals surface area contributed by atoms with Crippen molar-refractivity contribution in [2.75, 3.05) is 17.5 Å². The average molecular weight is 256 g/mol. The van der Waals surface area contributed by atoms with E-state index >= 15 is 0 Å². The van der Waals surface area contributed by atoms with Crippen LogP contribution in [0.1, 0.15) is 23.7 Å². The number of benzene rings is 1. The van der Waals surface area contributed by atoms with E-state index < -0.39 is 10.0 Å². The molecule has 1 amide bonds. The number of amides is 1. The maximum Gasteiger partial charge on any atom is 0.251 e. The van der Waals surface area contributed by atoms with Crippen molar-refractivity contribution >= 4 is 21.6 Å². The third kappa shape index (κ3) is 4.07. The Morgan fingerprint density at radius 2 is 1.82 bits per heavy atom. The summed E-state index contributed by atoms with van der Waals surface area (Å²) in [6.45, 7) is 1.80. The van der Waals surface area contributed by atoms with Gasteiger partial charge in [-0.15, -0.1) is 0 Å². The van der Waals surface area contributed by atoms with Crippen molar-refractivity contribution in [3.63, 3.8) is 0 Å². The minimum absolute atomic E-state index is 0.0875. The van der Waals surface area contributed by atoms with E-state index in [1.165, 1.54) is 0 Å². The van der Waals surface area contributed by atoms with Crippen LogP contribution in [-0.2, 0) is 10.0 Å². The molecule has 0 aromatic heterocycles. The van der Waals surface area contributed by atoms with Crippen LogP contribution in [0.2, 0.25) is 0 Å². The summed E-state index contributed by atoms with van der Waals surface area (Å²) >= 11 is 0. The minimum atomic E-state index is -3.27. The zero-order valence-electron chi connectivity index (χ0n) is 9.86. The summed E-state index contributed by atoms with van der Waals surface area (Å²) in [5.41, 5.74) is 0.956. The first kappa shape index (κ1) is 13.5. The van der Waals surface area contributed by atoms with Crippen LogP contribution in [0.5, 0.6) is 0 Å². The van der Waals surface area contributed by atoms with Crippen molar-refractivity contribution in [2.45, 2.75) is 13.3 Å². The lowest BCUT2D eigenvalue weighted by Gasteiger charge is -2.07. The molecular weight excluding hydrogens is 240 g/mol. The fraction of sp³-hybridized carbons (Fsp3) is 0.364. The highest BCUT2D eigenvalue weighted by Crippen LogP contribution is 2.11. The maximum absolute atomic E-state index is 11.5. The number of carbonyl (C=O) groups is 1. The highest BCUT2D eigenvalue weighted by Gasteiger charge is 2.09. The summed E-state index contributed by atoms with van der Waals surface area (Å²) in [7, 11) is -1.73. The van der Waals surface area contributed by atoms with Crippen molar-refractivity contribution < 1.29 is 13.2 Å². The lowest BCUT2D eigenvalue weighted by molar-refractivity contribution is 0.0963. The van der Waals surface area contributed by atoms with Crippen LogP contribution in [0, 0.1) is 0 Å². The number of nitrogens with one attached hydrogen (secondary N) is 2. The molecule has 0 bridgehead atoms. The standard InChI is InChI=1S/C11H16N2O3S/c1-3-8-17(15,16)13-10-6-4-9(5-7-10)11(14)12-2/h4-7,13H,3,8H2,1-2H3,(H,12,14). The van der Waals surface area contributed by atoms with Crippen molar-refractivity contribution in [1.29, 1.82) is 0 Å². The number of hydrogen-bond acceptors (Lipinski definition) is 3. The van der Waals surface area contributed by atoms with E-state index in [0.29, 0.717) is 17.7 Å². The molecule has 0 aliphatic heterocycles. The van der Waals surface area contributed by atoms with Crippen molar-refractivity contribution in [3.8, 4) is 0 Å². The quantitative estimate of drug-likeness (QED) is 0.831. The molecule has 0 fully saturated rings. The van der Waals surface area contributed by atoms with E-state index in [2.05, 4.69) is 10.0 Å². The molecular formula is C11H16N2O3S. The van der Waals surface area contributed by atoms with Gasteiger partial charge in [-0.1, -0.05) is 6.92 Å². The average Bonchev–Trinajstić information content (AvgIpc) is 2.28. The van der Waals surface area contributed by atoms with Gasteiger partial charge in [-0.3, -0.25) is 9.52 Å². The van der Waals surface area contributed by atoms with Gasteiger partial charge in [-0.25, -0.2) is 8.42 Å². The summed E-state index contributed by atoms with van der Waals surface area (Å²) in [5, 5.41) is 2.49. The maximum atomic E-state index is 11.5. The molecule has 17 heavy (non-hydrogen) atoms. The number of carbonyl (C=O) groups excluding carboxylic acids is 1. The van der Waals surface area contributed by atoms with Gasteiger partial charge in [0, 0.05) is 18.3 Å². The van der Waals surface area contributed by atoms with E-state index in [-0.39, 0.29) is 11.7 Å². The van der Waals surface area contributed by atoms with Crippen LogP contribution in [0.25, 0.3) is 0 Å². The SMILES string of the molecule is CCCS(=O)(=O)Nc1ccc(C(=O)NC)cc1. The molecule has 1 aromatic rings. The van der Waals surface area contributed by atoms with Crippen LogP contribution in [-0.4, -0.2) is 27.1 Å². The first-order valence-corrected chi connectivity index (χ1v) is 6.96. The molecule has 0 atom stereocenters. The van der Waals surface area contributed by atoms with Crippen molar-refractivity contribution in [3.05, 3.63) is 29.8 Å². The molecule has 0 heterocycles. The lowest BCUT2D eigenvalue weighted by Crippen LogP contribution is -2.18. The van der Waals surface area contributed by atoms with Gasteiger partial charge in [-0.2, -0.15) is 0 Å². The molecule has 0 aliphatic carbocycles. The van der Waals surface area contributed by atoms with Crippen LogP contribution in [0.15, 0.2) is 24.3 Å². The lowest BCUT2D eigenvalue weighted by atomic mass is 10.2. The second-order valence-corrected chi connectivity index (χ2v) is 5.42. The fourth-order valence-electron chi connectivity index (χ4n) is 1.33. The largest absolute Gasteiger partial charge is 0.355 e. The summed E-state index contributed by atoms with van der Waals surface area (Å²) < 4.78 is 25.4.